The minimum absolute atomic E-state index is 0.115. The Hall–Kier alpha value is -2.30. The Morgan fingerprint density at radius 2 is 2.22 bits per heavy atom. The molecule has 1 aromatic carbocycles. The van der Waals surface area contributed by atoms with E-state index in [0.29, 0.717) is 11.8 Å². The highest BCUT2D eigenvalue weighted by Gasteiger charge is 2.15. The van der Waals surface area contributed by atoms with E-state index in [0.717, 1.165) is 16.5 Å². The summed E-state index contributed by atoms with van der Waals surface area (Å²) in [6.45, 7) is 3.82. The first-order valence-electron chi connectivity index (χ1n) is 5.57. The van der Waals surface area contributed by atoms with Crippen molar-refractivity contribution in [1.29, 1.82) is 0 Å². The van der Waals surface area contributed by atoms with E-state index in [-0.39, 0.29) is 12.5 Å². The Morgan fingerprint density at radius 1 is 1.44 bits per heavy atom. The van der Waals surface area contributed by atoms with Gasteiger partial charge in [-0.3, -0.25) is 4.79 Å². The molecule has 0 radical (unpaired) electrons. The fourth-order valence-corrected chi connectivity index (χ4v) is 1.73. The van der Waals surface area contributed by atoms with Crippen molar-refractivity contribution in [2.24, 2.45) is 0 Å². The lowest BCUT2D eigenvalue weighted by molar-refractivity contribution is 0.102. The molecule has 0 saturated heterocycles. The number of aldehydes is 1. The van der Waals surface area contributed by atoms with Crippen molar-refractivity contribution in [3.63, 3.8) is 0 Å². The van der Waals surface area contributed by atoms with Gasteiger partial charge in [0.05, 0.1) is 12.2 Å². The summed E-state index contributed by atoms with van der Waals surface area (Å²) >= 11 is 0. The molecule has 0 fully saturated rings. The number of nitrogens with one attached hydrogen (secondary N) is 1. The monoisotopic (exact) mass is 247 g/mol. The maximum absolute atomic E-state index is 11.2. The predicted molar refractivity (Wildman–Crippen MR) is 66.1 cm³/mol. The molecule has 2 rings (SSSR count). The molecule has 0 spiro atoms. The normalized spacial score (nSPS) is 10.3. The van der Waals surface area contributed by atoms with Gasteiger partial charge in [0.2, 0.25) is 5.88 Å². The zero-order valence-electron chi connectivity index (χ0n) is 10.1. The van der Waals surface area contributed by atoms with Crippen LogP contribution in [0.5, 0.6) is 5.88 Å². The van der Waals surface area contributed by atoms with Gasteiger partial charge < -0.3 is 14.5 Å². The van der Waals surface area contributed by atoms with Gasteiger partial charge in [0.15, 0.2) is 6.29 Å². The Morgan fingerprint density at radius 3 is 2.89 bits per heavy atom. The minimum Gasteiger partial charge on any atom is -0.434 e. The molecular formula is C13H13NO4. The van der Waals surface area contributed by atoms with Gasteiger partial charge in [-0.25, -0.2) is 4.79 Å². The number of rotatable bonds is 3. The van der Waals surface area contributed by atoms with Crippen molar-refractivity contribution in [3.05, 3.63) is 29.3 Å². The van der Waals surface area contributed by atoms with E-state index in [1.165, 1.54) is 0 Å². The van der Waals surface area contributed by atoms with Gasteiger partial charge >= 0.3 is 6.16 Å². The number of hydrogen-bond donors (Lipinski definition) is 1. The molecule has 2 aromatic rings. The van der Waals surface area contributed by atoms with Gasteiger partial charge in [-0.2, -0.15) is 0 Å². The van der Waals surface area contributed by atoms with Crippen molar-refractivity contribution < 1.29 is 19.1 Å². The lowest BCUT2D eigenvalue weighted by Crippen LogP contribution is -2.11. The highest BCUT2D eigenvalue weighted by atomic mass is 16.7. The number of carbonyl (C=O) groups is 2. The molecular weight excluding hydrogens is 234 g/mol. The van der Waals surface area contributed by atoms with E-state index < -0.39 is 6.16 Å². The summed E-state index contributed by atoms with van der Waals surface area (Å²) in [5, 5.41) is 0.726. The van der Waals surface area contributed by atoms with Crippen molar-refractivity contribution in [2.75, 3.05) is 6.61 Å². The molecule has 0 aliphatic carbocycles. The topological polar surface area (TPSA) is 68.4 Å². The second-order valence-electron chi connectivity index (χ2n) is 3.82. The van der Waals surface area contributed by atoms with Gasteiger partial charge in [0, 0.05) is 10.9 Å². The zero-order chi connectivity index (χ0) is 13.1. The standard InChI is InChI=1S/C13H13NO4/c1-3-17-13(16)18-12-10(7-15)9-6-8(2)4-5-11(9)14-12/h4-7,14H,3H2,1-2H3. The lowest BCUT2D eigenvalue weighted by Gasteiger charge is -2.01. The highest BCUT2D eigenvalue weighted by molar-refractivity contribution is 6.01. The van der Waals surface area contributed by atoms with E-state index in [4.69, 9.17) is 4.74 Å². The first kappa shape index (κ1) is 12.2. The van der Waals surface area contributed by atoms with Gasteiger partial charge in [0.25, 0.3) is 0 Å². The molecule has 5 heteroatoms. The van der Waals surface area contributed by atoms with Gasteiger partial charge in [-0.1, -0.05) is 11.6 Å². The van der Waals surface area contributed by atoms with Crippen LogP contribution in [0.2, 0.25) is 0 Å². The van der Waals surface area contributed by atoms with E-state index in [2.05, 4.69) is 9.72 Å². The number of H-pyrrole nitrogens is 1. The quantitative estimate of drug-likeness (QED) is 0.668. The van der Waals surface area contributed by atoms with Crippen LogP contribution >= 0.6 is 0 Å². The number of aromatic amines is 1. The van der Waals surface area contributed by atoms with Crippen molar-refractivity contribution >= 4 is 23.3 Å². The van der Waals surface area contributed by atoms with Gasteiger partial charge in [-0.15, -0.1) is 0 Å². The first-order chi connectivity index (χ1) is 8.65. The summed E-state index contributed by atoms with van der Waals surface area (Å²) in [6, 6.07) is 5.59. The molecule has 0 unspecified atom stereocenters. The predicted octanol–water partition coefficient (Wildman–Crippen LogP) is 2.82. The number of aromatic nitrogens is 1. The van der Waals surface area contributed by atoms with Crippen LogP contribution in [0.3, 0.4) is 0 Å². The molecule has 18 heavy (non-hydrogen) atoms. The minimum atomic E-state index is -0.830. The Bertz CT molecular complexity index is 600. The summed E-state index contributed by atoms with van der Waals surface area (Å²) in [7, 11) is 0. The molecule has 1 N–H and O–H groups in total. The summed E-state index contributed by atoms with van der Waals surface area (Å²) < 4.78 is 9.62. The second kappa shape index (κ2) is 4.91. The van der Waals surface area contributed by atoms with E-state index >= 15 is 0 Å². The van der Waals surface area contributed by atoms with Crippen LogP contribution in [0.4, 0.5) is 4.79 Å². The van der Waals surface area contributed by atoms with Gasteiger partial charge in [0.1, 0.15) is 0 Å². The number of ether oxygens (including phenoxy) is 2. The molecule has 0 amide bonds. The van der Waals surface area contributed by atoms with Gasteiger partial charge in [-0.05, 0) is 26.0 Å². The summed E-state index contributed by atoms with van der Waals surface area (Å²) in [4.78, 5) is 25.2. The molecule has 0 atom stereocenters. The average molecular weight is 247 g/mol. The van der Waals surface area contributed by atoms with Crippen molar-refractivity contribution in [2.45, 2.75) is 13.8 Å². The van der Waals surface area contributed by atoms with Crippen LogP contribution in [0.15, 0.2) is 18.2 Å². The zero-order valence-corrected chi connectivity index (χ0v) is 10.1. The SMILES string of the molecule is CCOC(=O)Oc1[nH]c2ccc(C)cc2c1C=O. The Kier molecular flexibility index (Phi) is 3.32. The van der Waals surface area contributed by atoms with Crippen LogP contribution in [0.1, 0.15) is 22.8 Å². The van der Waals surface area contributed by atoms with Crippen molar-refractivity contribution in [1.82, 2.24) is 4.98 Å². The molecule has 0 aliphatic rings. The lowest BCUT2D eigenvalue weighted by atomic mass is 10.1. The third kappa shape index (κ3) is 2.20. The summed E-state index contributed by atoms with van der Waals surface area (Å²) in [5.74, 6) is 0.115. The summed E-state index contributed by atoms with van der Waals surface area (Å²) in [6.07, 6.45) is -0.170. The molecule has 0 saturated carbocycles. The maximum atomic E-state index is 11.2. The third-order valence-electron chi connectivity index (χ3n) is 2.52. The van der Waals surface area contributed by atoms with Crippen LogP contribution in [-0.2, 0) is 4.74 Å². The highest BCUT2D eigenvalue weighted by Crippen LogP contribution is 2.27. The maximum Gasteiger partial charge on any atom is 0.515 e. The number of fused-ring (bicyclic) bond motifs is 1. The Labute approximate surface area is 104 Å². The first-order valence-corrected chi connectivity index (χ1v) is 5.57. The summed E-state index contributed by atoms with van der Waals surface area (Å²) in [5.41, 5.74) is 2.08. The van der Waals surface area contributed by atoms with Crippen LogP contribution < -0.4 is 4.74 Å². The molecule has 5 nitrogen and oxygen atoms in total. The number of aryl methyl sites for hydroxylation is 1. The van der Waals surface area contributed by atoms with Crippen LogP contribution in [-0.4, -0.2) is 24.0 Å². The number of hydrogen-bond acceptors (Lipinski definition) is 4. The third-order valence-corrected chi connectivity index (χ3v) is 2.52. The van der Waals surface area contributed by atoms with Crippen LogP contribution in [0, 0.1) is 6.92 Å². The smallest absolute Gasteiger partial charge is 0.434 e. The number of carbonyl (C=O) groups excluding carboxylic acids is 2. The molecule has 0 bridgehead atoms. The molecule has 1 heterocycles. The molecule has 0 aliphatic heterocycles. The van der Waals surface area contributed by atoms with E-state index in [1.54, 1.807) is 6.92 Å². The van der Waals surface area contributed by atoms with Crippen molar-refractivity contribution in [3.8, 4) is 5.88 Å². The fraction of sp³-hybridized carbons (Fsp3) is 0.231. The van der Waals surface area contributed by atoms with E-state index in [9.17, 15) is 9.59 Å². The number of benzene rings is 1. The van der Waals surface area contributed by atoms with Crippen LogP contribution in [0.25, 0.3) is 10.9 Å². The largest absolute Gasteiger partial charge is 0.515 e. The molecule has 1 aromatic heterocycles. The van der Waals surface area contributed by atoms with E-state index in [1.807, 2.05) is 25.1 Å². The fourth-order valence-electron chi connectivity index (χ4n) is 1.73. The Balaban J connectivity index is 2.44. The second-order valence-corrected chi connectivity index (χ2v) is 3.82. The average Bonchev–Trinajstić information content (AvgIpc) is 2.65. The molecule has 94 valence electrons.